The number of carbonyl (C=O) groups is 1. The van der Waals surface area contributed by atoms with Gasteiger partial charge in [0.1, 0.15) is 22.7 Å². The normalized spacial score (nSPS) is 11.9. The summed E-state index contributed by atoms with van der Waals surface area (Å²) < 4.78 is 25.2. The summed E-state index contributed by atoms with van der Waals surface area (Å²) in [5, 5.41) is 4.27. The average molecular weight is 480 g/mol. The van der Waals surface area contributed by atoms with E-state index in [1.54, 1.807) is 19.1 Å². The molecule has 5 heteroatoms. The molecule has 0 aliphatic rings. The molecule has 0 radical (unpaired) electrons. The summed E-state index contributed by atoms with van der Waals surface area (Å²) in [7, 11) is 0. The van der Waals surface area contributed by atoms with E-state index in [9.17, 15) is 9.18 Å². The minimum atomic E-state index is -0.479. The number of halogens is 1. The van der Waals surface area contributed by atoms with Crippen LogP contribution in [0.3, 0.4) is 0 Å². The van der Waals surface area contributed by atoms with Gasteiger partial charge in [-0.05, 0) is 55.3 Å². The fraction of sp³-hybridized carbons (Fsp3) is 0.129. The van der Waals surface area contributed by atoms with E-state index in [1.165, 1.54) is 12.1 Å². The zero-order valence-corrected chi connectivity index (χ0v) is 20.1. The molecule has 1 unspecified atom stereocenters. The Morgan fingerprint density at radius 1 is 0.917 bits per heavy atom. The van der Waals surface area contributed by atoms with Gasteiger partial charge in [0.15, 0.2) is 0 Å². The van der Waals surface area contributed by atoms with Crippen molar-refractivity contribution in [2.45, 2.75) is 19.9 Å². The highest BCUT2D eigenvalue weighted by Gasteiger charge is 2.25. The predicted octanol–water partition coefficient (Wildman–Crippen LogP) is 8.26. The number of esters is 1. The molecular weight excluding hydrogens is 453 g/mol. The van der Waals surface area contributed by atoms with Gasteiger partial charge in [-0.15, -0.1) is 0 Å². The average Bonchev–Trinajstić information content (AvgIpc) is 3.28. The lowest BCUT2D eigenvalue weighted by molar-refractivity contribution is 0.0528. The molecule has 4 aromatic carbocycles. The third kappa shape index (κ3) is 4.60. The number of carbonyl (C=O) groups excluding carboxylic acids is 1. The van der Waals surface area contributed by atoms with Crippen molar-refractivity contribution in [3.8, 4) is 22.5 Å². The number of furan rings is 1. The molecule has 1 aromatic heterocycles. The van der Waals surface area contributed by atoms with Crippen molar-refractivity contribution in [2.75, 3.05) is 11.9 Å². The van der Waals surface area contributed by atoms with Gasteiger partial charge in [-0.3, -0.25) is 0 Å². The van der Waals surface area contributed by atoms with Crippen molar-refractivity contribution in [3.63, 3.8) is 0 Å². The van der Waals surface area contributed by atoms with Gasteiger partial charge in [0.2, 0.25) is 0 Å². The molecule has 0 saturated heterocycles. The molecule has 0 amide bonds. The molecule has 180 valence electrons. The summed E-state index contributed by atoms with van der Waals surface area (Å²) in [5.41, 5.74) is 5.43. The molecule has 4 nitrogen and oxygen atoms in total. The second-order valence-corrected chi connectivity index (χ2v) is 8.57. The number of benzene rings is 4. The molecule has 0 bridgehead atoms. The third-order valence-corrected chi connectivity index (χ3v) is 6.17. The molecule has 5 rings (SSSR count). The van der Waals surface area contributed by atoms with E-state index in [0.29, 0.717) is 27.9 Å². The lowest BCUT2D eigenvalue weighted by atomic mass is 9.98. The number of hydrogen-bond donors (Lipinski definition) is 1. The number of hydrogen-bond acceptors (Lipinski definition) is 4. The minimum absolute atomic E-state index is 0.0298. The van der Waals surface area contributed by atoms with E-state index >= 15 is 0 Å². The molecule has 0 aliphatic carbocycles. The first-order chi connectivity index (χ1) is 17.5. The maximum absolute atomic E-state index is 13.6. The summed E-state index contributed by atoms with van der Waals surface area (Å²) >= 11 is 0. The predicted molar refractivity (Wildman–Crippen MR) is 141 cm³/mol. The molecule has 1 atom stereocenters. The summed E-state index contributed by atoms with van der Waals surface area (Å²) in [4.78, 5) is 13.1. The highest BCUT2D eigenvalue weighted by Crippen LogP contribution is 2.41. The van der Waals surface area contributed by atoms with Crippen molar-refractivity contribution in [2.24, 2.45) is 0 Å². The van der Waals surface area contributed by atoms with Crippen LogP contribution in [0.5, 0.6) is 0 Å². The van der Waals surface area contributed by atoms with Gasteiger partial charge in [-0.1, -0.05) is 60.7 Å². The van der Waals surface area contributed by atoms with Gasteiger partial charge >= 0.3 is 5.97 Å². The Morgan fingerprint density at radius 2 is 1.58 bits per heavy atom. The van der Waals surface area contributed by atoms with Crippen LogP contribution < -0.4 is 5.32 Å². The summed E-state index contributed by atoms with van der Waals surface area (Å²) in [6.07, 6.45) is 0. The Kier molecular flexibility index (Phi) is 6.54. The van der Waals surface area contributed by atoms with Gasteiger partial charge in [-0.2, -0.15) is 0 Å². The molecule has 0 aliphatic heterocycles. The maximum Gasteiger partial charge on any atom is 0.342 e. The number of fused-ring (bicyclic) bond motifs is 1. The fourth-order valence-electron chi connectivity index (χ4n) is 4.39. The second kappa shape index (κ2) is 10.1. The Morgan fingerprint density at radius 3 is 2.25 bits per heavy atom. The maximum atomic E-state index is 13.6. The topological polar surface area (TPSA) is 51.5 Å². The lowest BCUT2D eigenvalue weighted by Crippen LogP contribution is -2.08. The summed E-state index contributed by atoms with van der Waals surface area (Å²) in [6.45, 7) is 4.10. The second-order valence-electron chi connectivity index (χ2n) is 8.57. The van der Waals surface area contributed by atoms with Crippen molar-refractivity contribution in [3.05, 3.63) is 114 Å². The van der Waals surface area contributed by atoms with E-state index in [0.717, 1.165) is 22.4 Å². The lowest BCUT2D eigenvalue weighted by Gasteiger charge is -2.19. The van der Waals surface area contributed by atoms with Gasteiger partial charge < -0.3 is 14.5 Å². The standard InChI is InChI=1S/C31H26FNO3/c1-3-35-31(34)29-26-18-25(22-12-8-5-9-13-22)27(33-20(2)21-10-6-4-7-11-21)19-28(26)36-30(29)23-14-16-24(32)17-15-23/h4-20,33H,3H2,1-2H3. The van der Waals surface area contributed by atoms with Crippen LogP contribution in [-0.4, -0.2) is 12.6 Å². The number of nitrogens with one attached hydrogen (secondary N) is 1. The van der Waals surface area contributed by atoms with E-state index in [1.807, 2.05) is 60.7 Å². The molecule has 0 spiro atoms. The zero-order valence-electron chi connectivity index (χ0n) is 20.1. The minimum Gasteiger partial charge on any atom is -0.462 e. The van der Waals surface area contributed by atoms with Gasteiger partial charge in [0.25, 0.3) is 0 Å². The molecular formula is C31H26FNO3. The molecule has 0 fully saturated rings. The zero-order chi connectivity index (χ0) is 25.1. The Bertz CT molecular complexity index is 1490. The molecule has 1 heterocycles. The number of ether oxygens (including phenoxy) is 1. The summed E-state index contributed by atoms with van der Waals surface area (Å²) in [5.74, 6) is -0.482. The van der Waals surface area contributed by atoms with Crippen molar-refractivity contribution < 1.29 is 18.3 Å². The van der Waals surface area contributed by atoms with Gasteiger partial charge in [-0.25, -0.2) is 9.18 Å². The van der Waals surface area contributed by atoms with Crippen LogP contribution in [-0.2, 0) is 4.74 Å². The van der Waals surface area contributed by atoms with Crippen LogP contribution in [0.1, 0.15) is 35.8 Å². The molecule has 36 heavy (non-hydrogen) atoms. The van der Waals surface area contributed by atoms with E-state index in [2.05, 4.69) is 24.4 Å². The van der Waals surface area contributed by atoms with Crippen LogP contribution in [0.2, 0.25) is 0 Å². The highest BCUT2D eigenvalue weighted by molar-refractivity contribution is 6.11. The Balaban J connectivity index is 1.71. The number of rotatable bonds is 7. The first-order valence-corrected chi connectivity index (χ1v) is 12.0. The highest BCUT2D eigenvalue weighted by atomic mass is 19.1. The Labute approximate surface area is 209 Å². The summed E-state index contributed by atoms with van der Waals surface area (Å²) in [6, 6.07) is 30.0. The van der Waals surface area contributed by atoms with Crippen molar-refractivity contribution in [1.29, 1.82) is 0 Å². The van der Waals surface area contributed by atoms with Gasteiger partial charge in [0.05, 0.1) is 6.61 Å². The smallest absolute Gasteiger partial charge is 0.342 e. The first-order valence-electron chi connectivity index (χ1n) is 12.0. The molecule has 5 aromatic rings. The van der Waals surface area contributed by atoms with Gasteiger partial charge in [0, 0.05) is 34.3 Å². The van der Waals surface area contributed by atoms with Crippen LogP contribution in [0.25, 0.3) is 33.4 Å². The Hall–Kier alpha value is -4.38. The van der Waals surface area contributed by atoms with E-state index in [4.69, 9.17) is 9.15 Å². The van der Waals surface area contributed by atoms with E-state index in [-0.39, 0.29) is 18.5 Å². The van der Waals surface area contributed by atoms with Crippen LogP contribution in [0.4, 0.5) is 10.1 Å². The first kappa shape index (κ1) is 23.4. The monoisotopic (exact) mass is 479 g/mol. The largest absolute Gasteiger partial charge is 0.462 e. The molecule has 1 N–H and O–H groups in total. The SMILES string of the molecule is CCOC(=O)c1c(-c2ccc(F)cc2)oc2cc(NC(C)c3ccccc3)c(-c3ccccc3)cc12. The number of anilines is 1. The quantitative estimate of drug-likeness (QED) is 0.239. The molecule has 0 saturated carbocycles. The van der Waals surface area contributed by atoms with Crippen molar-refractivity contribution >= 4 is 22.6 Å². The third-order valence-electron chi connectivity index (χ3n) is 6.17. The van der Waals surface area contributed by atoms with Crippen LogP contribution in [0, 0.1) is 5.82 Å². The van der Waals surface area contributed by atoms with E-state index < -0.39 is 5.97 Å². The van der Waals surface area contributed by atoms with Crippen LogP contribution in [0.15, 0.2) is 101 Å². The van der Waals surface area contributed by atoms with Crippen LogP contribution >= 0.6 is 0 Å². The van der Waals surface area contributed by atoms with Crippen molar-refractivity contribution in [1.82, 2.24) is 0 Å². The fourth-order valence-corrected chi connectivity index (χ4v) is 4.39.